The number of amides is 1. The van der Waals surface area contributed by atoms with Gasteiger partial charge < -0.3 is 19.7 Å². The third-order valence-corrected chi connectivity index (χ3v) is 5.85. The van der Waals surface area contributed by atoms with Gasteiger partial charge in [-0.1, -0.05) is 6.58 Å². The molecule has 0 unspecified atom stereocenters. The number of rotatable bonds is 6. The number of fused-ring (bicyclic) bond motifs is 2. The number of nitrogens with one attached hydrogen (secondary N) is 2. The molecule has 1 amide bonds. The van der Waals surface area contributed by atoms with E-state index in [-0.39, 0.29) is 12.0 Å². The molecule has 33 heavy (non-hydrogen) atoms. The van der Waals surface area contributed by atoms with E-state index >= 15 is 0 Å². The first-order chi connectivity index (χ1) is 16.1. The minimum Gasteiger partial charge on any atom is -0.493 e. The van der Waals surface area contributed by atoms with Gasteiger partial charge in [0.15, 0.2) is 11.5 Å². The average Bonchev–Trinajstić information content (AvgIpc) is 3.32. The summed E-state index contributed by atoms with van der Waals surface area (Å²) in [5.41, 5.74) is 2.56. The average molecular weight is 444 g/mol. The lowest BCUT2D eigenvalue weighted by Crippen LogP contribution is -2.41. The first-order valence-electron chi connectivity index (χ1n) is 10.8. The van der Waals surface area contributed by atoms with E-state index in [0.29, 0.717) is 30.4 Å². The molecule has 1 saturated heterocycles. The molecule has 5 rings (SSSR count). The molecule has 2 aromatic carbocycles. The fourth-order valence-corrected chi connectivity index (χ4v) is 4.07. The lowest BCUT2D eigenvalue weighted by atomic mass is 10.1. The summed E-state index contributed by atoms with van der Waals surface area (Å²) < 4.78 is 11.9. The predicted molar refractivity (Wildman–Crippen MR) is 126 cm³/mol. The minimum absolute atomic E-state index is 0.0194. The first-order valence-corrected chi connectivity index (χ1v) is 10.8. The number of carbonyl (C=O) groups is 1. The van der Waals surface area contributed by atoms with Gasteiger partial charge in [0.2, 0.25) is 5.91 Å². The Morgan fingerprint density at radius 1 is 1.21 bits per heavy atom. The third-order valence-electron chi connectivity index (χ3n) is 5.85. The number of nitrogens with zero attached hydrogens (tertiary/aromatic N) is 4. The Labute approximate surface area is 190 Å². The van der Waals surface area contributed by atoms with Crippen LogP contribution in [0.15, 0.2) is 55.5 Å². The highest BCUT2D eigenvalue weighted by atomic mass is 16.5. The summed E-state index contributed by atoms with van der Waals surface area (Å²) in [6, 6.07) is 9.71. The number of hydrogen-bond donors (Lipinski definition) is 2. The second-order valence-corrected chi connectivity index (χ2v) is 7.89. The van der Waals surface area contributed by atoms with Crippen molar-refractivity contribution in [3.8, 4) is 11.5 Å². The topological polar surface area (TPSA) is 105 Å². The van der Waals surface area contributed by atoms with Crippen LogP contribution in [0.3, 0.4) is 0 Å². The van der Waals surface area contributed by atoms with Crippen LogP contribution in [-0.2, 0) is 4.79 Å². The maximum atomic E-state index is 11.8. The first kappa shape index (κ1) is 20.7. The molecule has 2 aromatic heterocycles. The van der Waals surface area contributed by atoms with Gasteiger partial charge in [-0.15, -0.1) is 0 Å². The molecular weight excluding hydrogens is 420 g/mol. The van der Waals surface area contributed by atoms with E-state index in [4.69, 9.17) is 9.47 Å². The van der Waals surface area contributed by atoms with E-state index in [0.717, 1.165) is 40.3 Å². The number of ether oxygens (including phenoxy) is 2. The van der Waals surface area contributed by atoms with Crippen LogP contribution < -0.4 is 14.8 Å². The smallest absolute Gasteiger partial charge is 0.245 e. The summed E-state index contributed by atoms with van der Waals surface area (Å²) in [5, 5.41) is 12.3. The monoisotopic (exact) mass is 444 g/mol. The van der Waals surface area contributed by atoms with E-state index in [2.05, 4.69) is 32.1 Å². The van der Waals surface area contributed by atoms with Crippen molar-refractivity contribution in [1.29, 1.82) is 0 Å². The van der Waals surface area contributed by atoms with Crippen LogP contribution in [0.2, 0.25) is 0 Å². The highest BCUT2D eigenvalue weighted by molar-refractivity contribution is 5.94. The molecule has 0 aliphatic carbocycles. The Morgan fingerprint density at radius 2 is 2.06 bits per heavy atom. The number of anilines is 2. The van der Waals surface area contributed by atoms with E-state index in [9.17, 15) is 4.79 Å². The highest BCUT2D eigenvalue weighted by Crippen LogP contribution is 2.36. The zero-order valence-electron chi connectivity index (χ0n) is 18.2. The highest BCUT2D eigenvalue weighted by Gasteiger charge is 2.24. The van der Waals surface area contributed by atoms with Crippen LogP contribution in [0, 0.1) is 0 Å². The summed E-state index contributed by atoms with van der Waals surface area (Å²) in [5.74, 6) is 1.85. The maximum absolute atomic E-state index is 11.8. The molecule has 1 aliphatic heterocycles. The molecule has 9 nitrogen and oxygen atoms in total. The van der Waals surface area contributed by atoms with Crippen LogP contribution in [-0.4, -0.2) is 57.3 Å². The van der Waals surface area contributed by atoms with Gasteiger partial charge >= 0.3 is 0 Å². The van der Waals surface area contributed by atoms with Crippen molar-refractivity contribution < 1.29 is 14.3 Å². The van der Waals surface area contributed by atoms with Crippen molar-refractivity contribution in [2.75, 3.05) is 25.5 Å². The molecule has 9 heteroatoms. The van der Waals surface area contributed by atoms with E-state index in [1.54, 1.807) is 18.2 Å². The summed E-state index contributed by atoms with van der Waals surface area (Å²) in [6.45, 7) is 4.84. The van der Waals surface area contributed by atoms with Crippen molar-refractivity contribution in [3.05, 3.63) is 55.5 Å². The number of piperidine rings is 1. The third kappa shape index (κ3) is 4.17. The number of aromatic amines is 1. The number of H-pyrrole nitrogens is 1. The number of carbonyl (C=O) groups excluding carboxylic acids is 1. The molecule has 1 aliphatic rings. The van der Waals surface area contributed by atoms with Gasteiger partial charge in [-0.25, -0.2) is 9.97 Å². The van der Waals surface area contributed by atoms with E-state index in [1.165, 1.54) is 12.4 Å². The van der Waals surface area contributed by atoms with Gasteiger partial charge in [-0.2, -0.15) is 5.10 Å². The molecule has 0 spiro atoms. The van der Waals surface area contributed by atoms with Gasteiger partial charge in [0.1, 0.15) is 18.2 Å². The van der Waals surface area contributed by atoms with Gasteiger partial charge in [-0.3, -0.25) is 9.89 Å². The lowest BCUT2D eigenvalue weighted by molar-refractivity contribution is -0.127. The standard InChI is InChI=1S/C24H24N6O3/c1-3-23(31)30-8-6-17(7-9-30)33-22-11-18-20(12-21(22)32-2)25-14-26-24(18)28-16-5-4-15-13-27-29-19(15)10-16/h3-5,10-14,17H,1,6-9H2,2H3,(H,27,29)(H,25,26,28). The molecule has 0 bridgehead atoms. The number of methoxy groups -OCH3 is 1. The van der Waals surface area contributed by atoms with Crippen LogP contribution in [0.5, 0.6) is 11.5 Å². The molecule has 4 aromatic rings. The fourth-order valence-electron chi connectivity index (χ4n) is 4.07. The van der Waals surface area contributed by atoms with Crippen molar-refractivity contribution in [2.24, 2.45) is 0 Å². The van der Waals surface area contributed by atoms with Crippen LogP contribution in [0.25, 0.3) is 21.8 Å². The Morgan fingerprint density at radius 3 is 2.85 bits per heavy atom. The Kier molecular flexibility index (Phi) is 5.52. The molecular formula is C24H24N6O3. The Hall–Kier alpha value is -4.14. The van der Waals surface area contributed by atoms with Crippen LogP contribution in [0.1, 0.15) is 12.8 Å². The van der Waals surface area contributed by atoms with Crippen LogP contribution in [0.4, 0.5) is 11.5 Å². The normalized spacial score (nSPS) is 14.4. The van der Waals surface area contributed by atoms with E-state index < -0.39 is 0 Å². The van der Waals surface area contributed by atoms with Crippen molar-refractivity contribution in [1.82, 2.24) is 25.1 Å². The van der Waals surface area contributed by atoms with Crippen molar-refractivity contribution in [2.45, 2.75) is 18.9 Å². The van der Waals surface area contributed by atoms with Gasteiger partial charge in [0, 0.05) is 48.5 Å². The summed E-state index contributed by atoms with van der Waals surface area (Å²) in [4.78, 5) is 22.5. The van der Waals surface area contributed by atoms with Gasteiger partial charge in [0.05, 0.1) is 24.3 Å². The summed E-state index contributed by atoms with van der Waals surface area (Å²) >= 11 is 0. The second kappa shape index (κ2) is 8.78. The number of aromatic nitrogens is 4. The van der Waals surface area contributed by atoms with Gasteiger partial charge in [0.25, 0.3) is 0 Å². The number of benzene rings is 2. The van der Waals surface area contributed by atoms with Crippen molar-refractivity contribution in [3.63, 3.8) is 0 Å². The van der Waals surface area contributed by atoms with Crippen molar-refractivity contribution >= 4 is 39.2 Å². The molecule has 0 saturated carbocycles. The largest absolute Gasteiger partial charge is 0.493 e. The molecule has 3 heterocycles. The maximum Gasteiger partial charge on any atom is 0.245 e. The minimum atomic E-state index is -0.0436. The zero-order chi connectivity index (χ0) is 22.8. The second-order valence-electron chi connectivity index (χ2n) is 7.89. The Bertz CT molecular complexity index is 1330. The lowest BCUT2D eigenvalue weighted by Gasteiger charge is -2.31. The summed E-state index contributed by atoms with van der Waals surface area (Å²) in [7, 11) is 1.61. The quantitative estimate of drug-likeness (QED) is 0.436. The van der Waals surface area contributed by atoms with Crippen LogP contribution >= 0.6 is 0 Å². The van der Waals surface area contributed by atoms with Gasteiger partial charge in [-0.05, 0) is 30.3 Å². The SMILES string of the molecule is C=CC(=O)N1CCC(Oc2cc3c(Nc4ccc5cn[nH]c5c4)ncnc3cc2OC)CC1. The molecule has 2 N–H and O–H groups in total. The predicted octanol–water partition coefficient (Wildman–Crippen LogP) is 3.81. The number of likely N-dealkylation sites (tertiary alicyclic amines) is 1. The zero-order valence-corrected chi connectivity index (χ0v) is 18.2. The molecule has 168 valence electrons. The van der Waals surface area contributed by atoms with E-state index in [1.807, 2.05) is 30.3 Å². The molecule has 0 radical (unpaired) electrons. The fraction of sp³-hybridized carbons (Fsp3) is 0.250. The summed E-state index contributed by atoms with van der Waals surface area (Å²) in [6.07, 6.45) is 6.11. The molecule has 0 atom stereocenters. The number of hydrogen-bond acceptors (Lipinski definition) is 7. The Balaban J connectivity index is 1.42. The molecule has 1 fully saturated rings.